The Balaban J connectivity index is 1.97. The number of Topliss-reactive ketones (excluding diaryl/α,β-unsaturated/α-hetero) is 1. The van der Waals surface area contributed by atoms with Gasteiger partial charge >= 0.3 is 0 Å². The normalized spacial score (nSPS) is 10.6. The second-order valence-electron chi connectivity index (χ2n) is 4.93. The molecule has 0 aromatic carbocycles. The number of ketones is 1. The zero-order valence-electron chi connectivity index (χ0n) is 12.5. The van der Waals surface area contributed by atoms with Crippen molar-refractivity contribution >= 4 is 23.0 Å². The second kappa shape index (κ2) is 6.67. The van der Waals surface area contributed by atoms with Gasteiger partial charge in [-0.2, -0.15) is 0 Å². The Kier molecular flexibility index (Phi) is 4.90. The van der Waals surface area contributed by atoms with Crippen LogP contribution < -0.4 is 0 Å². The molecule has 0 radical (unpaired) electrons. The van der Waals surface area contributed by atoms with E-state index in [1.54, 1.807) is 24.2 Å². The second-order valence-corrected chi connectivity index (χ2v) is 5.84. The van der Waals surface area contributed by atoms with E-state index in [1.807, 2.05) is 23.1 Å². The van der Waals surface area contributed by atoms with E-state index in [9.17, 15) is 9.59 Å². The first-order chi connectivity index (χ1) is 10.0. The number of likely N-dealkylation sites (N-methyl/N-ethyl adjacent to an activating group) is 1. The van der Waals surface area contributed by atoms with E-state index in [0.29, 0.717) is 17.8 Å². The lowest BCUT2D eigenvalue weighted by Crippen LogP contribution is -2.29. The van der Waals surface area contributed by atoms with Gasteiger partial charge in [-0.25, -0.2) is 4.98 Å². The van der Waals surface area contributed by atoms with Crippen LogP contribution in [0.4, 0.5) is 0 Å². The minimum Gasteiger partial charge on any atom is -0.338 e. The molecular formula is C15H19N3O2S. The summed E-state index contributed by atoms with van der Waals surface area (Å²) >= 11 is 1.39. The number of carbonyl (C=O) groups excluding carboxylic acids is 2. The molecule has 0 N–H and O–H groups in total. The van der Waals surface area contributed by atoms with Crippen LogP contribution in [0.15, 0.2) is 23.8 Å². The Labute approximate surface area is 128 Å². The van der Waals surface area contributed by atoms with Crippen LogP contribution in [0.5, 0.6) is 0 Å². The van der Waals surface area contributed by atoms with Gasteiger partial charge < -0.3 is 9.47 Å². The summed E-state index contributed by atoms with van der Waals surface area (Å²) in [6.07, 6.45) is 3.97. The summed E-state index contributed by atoms with van der Waals surface area (Å²) in [6, 6.07) is 1.80. The van der Waals surface area contributed by atoms with E-state index >= 15 is 0 Å². The molecule has 2 aromatic rings. The largest absolute Gasteiger partial charge is 0.338 e. The third-order valence-electron chi connectivity index (χ3n) is 3.30. The fourth-order valence-electron chi connectivity index (χ4n) is 2.04. The maximum atomic E-state index is 12.2. The van der Waals surface area contributed by atoms with E-state index in [1.165, 1.54) is 18.3 Å². The van der Waals surface area contributed by atoms with Crippen molar-refractivity contribution in [2.24, 2.45) is 0 Å². The van der Waals surface area contributed by atoms with Crippen LogP contribution in [0.1, 0.15) is 34.9 Å². The van der Waals surface area contributed by atoms with Crippen molar-refractivity contribution in [1.82, 2.24) is 14.5 Å². The summed E-state index contributed by atoms with van der Waals surface area (Å²) in [6.45, 7) is 4.91. The fourth-order valence-corrected chi connectivity index (χ4v) is 2.86. The number of aryl methyl sites for hydroxylation is 1. The molecule has 0 saturated heterocycles. The number of thiophene rings is 1. The molecule has 2 aromatic heterocycles. The average molecular weight is 305 g/mol. The van der Waals surface area contributed by atoms with Gasteiger partial charge in [0.15, 0.2) is 5.78 Å². The summed E-state index contributed by atoms with van der Waals surface area (Å²) < 4.78 is 2.02. The molecule has 6 heteroatoms. The zero-order valence-corrected chi connectivity index (χ0v) is 13.3. The summed E-state index contributed by atoms with van der Waals surface area (Å²) in [7, 11) is 1.77. The van der Waals surface area contributed by atoms with Crippen LogP contribution in [0, 0.1) is 0 Å². The van der Waals surface area contributed by atoms with Crippen LogP contribution in [-0.4, -0.2) is 33.2 Å². The van der Waals surface area contributed by atoms with Crippen molar-refractivity contribution in [3.8, 4) is 0 Å². The Morgan fingerprint density at radius 1 is 1.43 bits per heavy atom. The smallest absolute Gasteiger partial charge is 0.227 e. The van der Waals surface area contributed by atoms with Gasteiger partial charge in [-0.3, -0.25) is 9.59 Å². The molecule has 112 valence electrons. The molecule has 1 amide bonds. The van der Waals surface area contributed by atoms with Crippen molar-refractivity contribution in [3.05, 3.63) is 40.1 Å². The summed E-state index contributed by atoms with van der Waals surface area (Å²) in [5.41, 5.74) is 0.890. The Bertz CT molecular complexity index is 645. The number of hydrogen-bond acceptors (Lipinski definition) is 4. The van der Waals surface area contributed by atoms with Crippen molar-refractivity contribution in [1.29, 1.82) is 0 Å². The molecule has 2 heterocycles. The molecule has 0 aliphatic heterocycles. The highest BCUT2D eigenvalue weighted by Gasteiger charge is 2.14. The Morgan fingerprint density at radius 3 is 2.81 bits per heavy atom. The lowest BCUT2D eigenvalue weighted by Gasteiger charge is -2.17. The Morgan fingerprint density at radius 2 is 2.19 bits per heavy atom. The molecule has 0 bridgehead atoms. The standard InChI is InChI=1S/C15H19N3O2S/c1-4-18-6-5-16-14(18)9-17(3)15(20)8-12-7-13(11(2)19)21-10-12/h5-7,10H,4,8-9H2,1-3H3. The van der Waals surface area contributed by atoms with Crippen molar-refractivity contribution in [3.63, 3.8) is 0 Å². The minimum atomic E-state index is 0.0218. The highest BCUT2D eigenvalue weighted by atomic mass is 32.1. The van der Waals surface area contributed by atoms with Gasteiger partial charge in [-0.15, -0.1) is 11.3 Å². The predicted octanol–water partition coefficient (Wildman–Crippen LogP) is 2.37. The quantitative estimate of drug-likeness (QED) is 0.770. The third-order valence-corrected chi connectivity index (χ3v) is 4.38. The van der Waals surface area contributed by atoms with Crippen LogP contribution in [0.3, 0.4) is 0 Å². The van der Waals surface area contributed by atoms with Crippen LogP contribution in [-0.2, 0) is 24.3 Å². The van der Waals surface area contributed by atoms with Gasteiger partial charge in [0.05, 0.1) is 17.8 Å². The third kappa shape index (κ3) is 3.78. The molecule has 0 aliphatic carbocycles. The van der Waals surface area contributed by atoms with Crippen LogP contribution >= 0.6 is 11.3 Å². The predicted molar refractivity (Wildman–Crippen MR) is 82.4 cm³/mol. The topological polar surface area (TPSA) is 55.2 Å². The summed E-state index contributed by atoms with van der Waals surface area (Å²) in [4.78, 5) is 30.1. The first kappa shape index (κ1) is 15.4. The molecule has 0 spiro atoms. The number of aromatic nitrogens is 2. The average Bonchev–Trinajstić information content (AvgIpc) is 3.07. The SMILES string of the molecule is CCn1ccnc1CN(C)C(=O)Cc1csc(C(C)=O)c1. The number of imidazole rings is 1. The van der Waals surface area contributed by atoms with E-state index in [-0.39, 0.29) is 11.7 Å². The van der Waals surface area contributed by atoms with Gasteiger partial charge in [0.1, 0.15) is 5.82 Å². The molecule has 0 saturated carbocycles. The lowest BCUT2D eigenvalue weighted by atomic mass is 10.2. The van der Waals surface area contributed by atoms with E-state index in [2.05, 4.69) is 4.98 Å². The highest BCUT2D eigenvalue weighted by molar-refractivity contribution is 7.12. The van der Waals surface area contributed by atoms with E-state index in [0.717, 1.165) is 17.9 Å². The van der Waals surface area contributed by atoms with Gasteiger partial charge in [-0.05, 0) is 30.9 Å². The zero-order chi connectivity index (χ0) is 15.4. The molecule has 21 heavy (non-hydrogen) atoms. The van der Waals surface area contributed by atoms with E-state index in [4.69, 9.17) is 0 Å². The number of nitrogens with zero attached hydrogens (tertiary/aromatic N) is 3. The first-order valence-electron chi connectivity index (χ1n) is 6.83. The van der Waals surface area contributed by atoms with Crippen LogP contribution in [0.2, 0.25) is 0 Å². The van der Waals surface area contributed by atoms with Crippen molar-refractivity contribution in [2.75, 3.05) is 7.05 Å². The molecule has 0 fully saturated rings. The minimum absolute atomic E-state index is 0.0218. The number of carbonyl (C=O) groups is 2. The molecule has 5 nitrogen and oxygen atoms in total. The van der Waals surface area contributed by atoms with Crippen molar-refractivity contribution in [2.45, 2.75) is 33.4 Å². The lowest BCUT2D eigenvalue weighted by molar-refractivity contribution is -0.129. The van der Waals surface area contributed by atoms with E-state index < -0.39 is 0 Å². The maximum absolute atomic E-state index is 12.2. The molecule has 0 aliphatic rings. The molecule has 0 unspecified atom stereocenters. The highest BCUT2D eigenvalue weighted by Crippen LogP contribution is 2.16. The monoisotopic (exact) mass is 305 g/mol. The molecular weight excluding hydrogens is 286 g/mol. The van der Waals surface area contributed by atoms with Gasteiger partial charge in [0, 0.05) is 26.0 Å². The van der Waals surface area contributed by atoms with Crippen LogP contribution in [0.25, 0.3) is 0 Å². The first-order valence-corrected chi connectivity index (χ1v) is 7.71. The number of hydrogen-bond donors (Lipinski definition) is 0. The van der Waals surface area contributed by atoms with Gasteiger partial charge in [0.2, 0.25) is 5.91 Å². The maximum Gasteiger partial charge on any atom is 0.227 e. The fraction of sp³-hybridized carbons (Fsp3) is 0.400. The van der Waals surface area contributed by atoms with Gasteiger partial charge in [-0.1, -0.05) is 0 Å². The number of amides is 1. The summed E-state index contributed by atoms with van der Waals surface area (Å²) in [5.74, 6) is 0.939. The Hall–Kier alpha value is -1.95. The molecule has 2 rings (SSSR count). The van der Waals surface area contributed by atoms with Crippen molar-refractivity contribution < 1.29 is 9.59 Å². The molecule has 0 atom stereocenters. The number of rotatable bonds is 6. The summed E-state index contributed by atoms with van der Waals surface area (Å²) in [5, 5.41) is 1.87. The van der Waals surface area contributed by atoms with Gasteiger partial charge in [0.25, 0.3) is 0 Å².